The minimum atomic E-state index is -1.16. The first-order valence-corrected chi connectivity index (χ1v) is 17.4. The smallest absolute Gasteiger partial charge is 0.345 e. The number of methoxy groups -OCH3 is 1. The first-order chi connectivity index (χ1) is 24.4. The molecule has 0 saturated carbocycles. The molecule has 52 heavy (non-hydrogen) atoms. The van der Waals surface area contributed by atoms with Gasteiger partial charge in [-0.1, -0.05) is 62.7 Å². The third kappa shape index (κ3) is 18.2. The Balaban J connectivity index is 0.000000607. The molecule has 0 radical (unpaired) electrons. The number of hydrogen-bond donors (Lipinski definition) is 5. The fourth-order valence-corrected chi connectivity index (χ4v) is 4.70. The standard InChI is InChI=1S/C25H31ClN2O5.C13H23NO5/c1-17(22(29)13-18-7-9-19(10-8-18)16-33-25(31)15-27)5-3-4-6-24(30)28-20-11-12-23(32-2)21(26)14-20;1-8(2)6-10(11(16)17)19-12(18)13(4,5)7-14-9(3)15/h4,6-12,14,17,22,29H,3,5,13,15-16,27H2,1-2H3,(H,28,30);8,10H,6-7H2,1-5H3,(H,14,15)(H,16,17)/b6-4+;. The zero-order valence-corrected chi connectivity index (χ0v) is 31.8. The van der Waals surface area contributed by atoms with Crippen molar-refractivity contribution in [2.24, 2.45) is 23.0 Å². The van der Waals surface area contributed by atoms with E-state index < -0.39 is 35.5 Å². The number of carbonyl (C=O) groups is 5. The van der Waals surface area contributed by atoms with E-state index >= 15 is 0 Å². The highest BCUT2D eigenvalue weighted by Gasteiger charge is 2.34. The van der Waals surface area contributed by atoms with Crippen molar-refractivity contribution in [2.75, 3.05) is 25.5 Å². The van der Waals surface area contributed by atoms with E-state index in [0.717, 1.165) is 17.5 Å². The van der Waals surface area contributed by atoms with Crippen LogP contribution in [0.3, 0.4) is 0 Å². The maximum absolute atomic E-state index is 12.1. The van der Waals surface area contributed by atoms with Crippen LogP contribution >= 0.6 is 11.6 Å². The number of halogens is 1. The number of aliphatic hydroxyl groups excluding tert-OH is 1. The van der Waals surface area contributed by atoms with Gasteiger partial charge >= 0.3 is 17.9 Å². The SMILES string of the molecule is CC(=O)NCC(C)(C)C(=O)OC(CC(C)C)C(=O)O.COc1ccc(NC(=O)/C=C/CCC(C)C(O)Cc2ccc(COC(=O)CN)cc2)cc1Cl. The Morgan fingerprint density at radius 2 is 1.65 bits per heavy atom. The number of nitrogens with one attached hydrogen (secondary N) is 2. The molecule has 6 N–H and O–H groups in total. The first kappa shape index (κ1) is 45.6. The van der Waals surface area contributed by atoms with Gasteiger partial charge in [0.15, 0.2) is 6.10 Å². The minimum Gasteiger partial charge on any atom is -0.495 e. The van der Waals surface area contributed by atoms with Gasteiger partial charge < -0.3 is 40.8 Å². The maximum Gasteiger partial charge on any atom is 0.345 e. The third-order valence-electron chi connectivity index (χ3n) is 7.71. The average Bonchev–Trinajstić information content (AvgIpc) is 3.08. The van der Waals surface area contributed by atoms with Gasteiger partial charge in [-0.25, -0.2) is 4.79 Å². The molecule has 14 heteroatoms. The lowest BCUT2D eigenvalue weighted by Gasteiger charge is -2.25. The third-order valence-corrected chi connectivity index (χ3v) is 8.01. The largest absolute Gasteiger partial charge is 0.495 e. The normalized spacial score (nSPS) is 12.9. The van der Waals surface area contributed by atoms with Crippen LogP contribution in [0.5, 0.6) is 5.75 Å². The van der Waals surface area contributed by atoms with Crippen molar-refractivity contribution in [1.29, 1.82) is 0 Å². The first-order valence-electron chi connectivity index (χ1n) is 17.0. The van der Waals surface area contributed by atoms with Crippen molar-refractivity contribution in [2.45, 2.75) is 86.0 Å². The number of carboxylic acid groups (broad SMARTS) is 1. The molecule has 288 valence electrons. The Morgan fingerprint density at radius 1 is 1.02 bits per heavy atom. The summed E-state index contributed by atoms with van der Waals surface area (Å²) in [6.45, 7) is 10.4. The van der Waals surface area contributed by atoms with Gasteiger partial charge in [-0.2, -0.15) is 0 Å². The van der Waals surface area contributed by atoms with Gasteiger partial charge in [-0.05, 0) is 86.8 Å². The molecule has 0 aliphatic rings. The topological polar surface area (TPSA) is 204 Å². The molecule has 0 bridgehead atoms. The summed E-state index contributed by atoms with van der Waals surface area (Å²) in [5.41, 5.74) is 6.70. The second kappa shape index (κ2) is 23.2. The van der Waals surface area contributed by atoms with Crippen LogP contribution in [0.25, 0.3) is 0 Å². The molecule has 0 aliphatic heterocycles. The van der Waals surface area contributed by atoms with E-state index in [1.54, 1.807) is 38.1 Å². The van der Waals surface area contributed by atoms with Gasteiger partial charge in [0.05, 0.1) is 30.2 Å². The Labute approximate surface area is 311 Å². The fourth-order valence-electron chi connectivity index (χ4n) is 4.44. The zero-order chi connectivity index (χ0) is 39.4. The molecule has 0 heterocycles. The predicted octanol–water partition coefficient (Wildman–Crippen LogP) is 5.06. The van der Waals surface area contributed by atoms with Gasteiger partial charge in [0.25, 0.3) is 0 Å². The number of aliphatic hydroxyl groups is 1. The number of esters is 2. The van der Waals surface area contributed by atoms with Gasteiger partial charge in [0.2, 0.25) is 11.8 Å². The number of carbonyl (C=O) groups excluding carboxylic acids is 4. The van der Waals surface area contributed by atoms with Crippen molar-refractivity contribution >= 4 is 47.0 Å². The molecule has 2 aromatic carbocycles. The summed E-state index contributed by atoms with van der Waals surface area (Å²) in [5, 5.41) is 25.2. The highest BCUT2D eigenvalue weighted by Crippen LogP contribution is 2.27. The average molecular weight is 748 g/mol. The zero-order valence-electron chi connectivity index (χ0n) is 31.1. The number of allylic oxidation sites excluding steroid dienone is 1. The molecule has 3 unspecified atom stereocenters. The summed E-state index contributed by atoms with van der Waals surface area (Å²) >= 11 is 6.06. The van der Waals surface area contributed by atoms with E-state index in [-0.39, 0.29) is 49.8 Å². The molecule has 3 atom stereocenters. The monoisotopic (exact) mass is 747 g/mol. The van der Waals surface area contributed by atoms with E-state index in [4.69, 9.17) is 36.7 Å². The van der Waals surface area contributed by atoms with E-state index in [1.807, 2.05) is 45.0 Å². The van der Waals surface area contributed by atoms with Crippen LogP contribution in [0.2, 0.25) is 5.02 Å². The van der Waals surface area contributed by atoms with Crippen molar-refractivity contribution in [1.82, 2.24) is 5.32 Å². The van der Waals surface area contributed by atoms with Crippen LogP contribution in [-0.4, -0.2) is 72.3 Å². The minimum absolute atomic E-state index is 0.0586. The predicted molar refractivity (Wildman–Crippen MR) is 199 cm³/mol. The van der Waals surface area contributed by atoms with Gasteiger partial charge in [0.1, 0.15) is 12.4 Å². The highest BCUT2D eigenvalue weighted by molar-refractivity contribution is 6.32. The van der Waals surface area contributed by atoms with Gasteiger partial charge in [-0.15, -0.1) is 0 Å². The molecule has 2 amide bonds. The summed E-state index contributed by atoms with van der Waals surface area (Å²) in [6, 6.07) is 12.6. The lowest BCUT2D eigenvalue weighted by atomic mass is 9.93. The van der Waals surface area contributed by atoms with Crippen molar-refractivity contribution < 1.29 is 48.4 Å². The Morgan fingerprint density at radius 3 is 2.19 bits per heavy atom. The number of nitrogens with two attached hydrogens (primary N) is 1. The maximum atomic E-state index is 12.1. The summed E-state index contributed by atoms with van der Waals surface area (Å²) in [7, 11) is 1.53. The molecule has 0 aromatic heterocycles. The van der Waals surface area contributed by atoms with E-state index in [2.05, 4.69) is 10.6 Å². The molecule has 2 rings (SSSR count). The summed E-state index contributed by atoms with van der Waals surface area (Å²) in [5.74, 6) is -2.02. The number of benzene rings is 2. The van der Waals surface area contributed by atoms with Crippen LogP contribution in [0.1, 0.15) is 71.9 Å². The van der Waals surface area contributed by atoms with Crippen LogP contribution in [-0.2, 0) is 46.5 Å². The number of amides is 2. The van der Waals surface area contributed by atoms with Crippen molar-refractivity contribution in [3.8, 4) is 5.75 Å². The Bertz CT molecular complexity index is 1490. The highest BCUT2D eigenvalue weighted by atomic mass is 35.5. The number of carboxylic acids is 1. The summed E-state index contributed by atoms with van der Waals surface area (Å²) in [4.78, 5) is 57.0. The number of anilines is 1. The molecule has 0 fully saturated rings. The fraction of sp³-hybridized carbons (Fsp3) is 0.500. The van der Waals surface area contributed by atoms with Crippen molar-refractivity contribution in [3.63, 3.8) is 0 Å². The number of ether oxygens (including phenoxy) is 3. The van der Waals surface area contributed by atoms with E-state index in [9.17, 15) is 29.1 Å². The van der Waals surface area contributed by atoms with Crippen LogP contribution in [0, 0.1) is 17.3 Å². The van der Waals surface area contributed by atoms with Gasteiger partial charge in [-0.3, -0.25) is 19.2 Å². The molecule has 0 aliphatic carbocycles. The molecule has 13 nitrogen and oxygen atoms in total. The molecular formula is C38H54ClN3O10. The van der Waals surface area contributed by atoms with Crippen LogP contribution in [0.15, 0.2) is 54.6 Å². The Hall–Kier alpha value is -4.46. The van der Waals surface area contributed by atoms with Crippen LogP contribution in [0.4, 0.5) is 5.69 Å². The quantitative estimate of drug-likeness (QED) is 0.0950. The number of aliphatic carboxylic acids is 1. The lowest BCUT2D eigenvalue weighted by Crippen LogP contribution is -2.42. The molecule has 0 saturated heterocycles. The second-order valence-electron chi connectivity index (χ2n) is 13.4. The molecular weight excluding hydrogens is 694 g/mol. The Kier molecular flexibility index (Phi) is 20.3. The molecule has 0 spiro atoms. The van der Waals surface area contributed by atoms with Crippen LogP contribution < -0.4 is 21.1 Å². The summed E-state index contributed by atoms with van der Waals surface area (Å²) < 4.78 is 15.1. The lowest BCUT2D eigenvalue weighted by molar-refractivity contribution is -0.171. The molecule has 2 aromatic rings. The number of hydrogen-bond acceptors (Lipinski definition) is 10. The van der Waals surface area contributed by atoms with E-state index in [1.165, 1.54) is 20.1 Å². The second-order valence-corrected chi connectivity index (χ2v) is 13.8. The van der Waals surface area contributed by atoms with Gasteiger partial charge in [0, 0.05) is 19.2 Å². The summed E-state index contributed by atoms with van der Waals surface area (Å²) in [6.07, 6.45) is 3.81. The van der Waals surface area contributed by atoms with Crippen molar-refractivity contribution in [3.05, 3.63) is 70.8 Å². The number of rotatable bonds is 19. The van der Waals surface area contributed by atoms with E-state index in [0.29, 0.717) is 29.3 Å².